The molecule has 0 saturated carbocycles. The Morgan fingerprint density at radius 3 is 2.55 bits per heavy atom. The molecule has 3 rings (SSSR count). The number of rotatable bonds is 3. The van der Waals surface area contributed by atoms with Crippen molar-refractivity contribution < 1.29 is 0 Å². The number of aromatic nitrogens is 2. The largest absolute Gasteiger partial charge is 0.368 e. The highest BCUT2D eigenvalue weighted by atomic mass is 15.2. The zero-order chi connectivity index (χ0) is 14.1. The van der Waals surface area contributed by atoms with E-state index in [-0.39, 0.29) is 0 Å². The molecule has 0 radical (unpaired) electrons. The van der Waals surface area contributed by atoms with Crippen molar-refractivity contribution in [3.8, 4) is 0 Å². The van der Waals surface area contributed by atoms with Crippen molar-refractivity contribution in [1.29, 1.82) is 0 Å². The molecule has 1 aromatic heterocycles. The van der Waals surface area contributed by atoms with Crippen molar-refractivity contribution in [2.24, 2.45) is 11.8 Å². The van der Waals surface area contributed by atoms with Crippen LogP contribution in [0.15, 0.2) is 24.8 Å². The molecule has 2 unspecified atom stereocenters. The average Bonchev–Trinajstić information content (AvgIpc) is 2.85. The fourth-order valence-electron chi connectivity index (χ4n) is 3.43. The van der Waals surface area contributed by atoms with Crippen LogP contribution in [0.25, 0.3) is 0 Å². The van der Waals surface area contributed by atoms with Crippen molar-refractivity contribution in [1.82, 2.24) is 9.97 Å². The van der Waals surface area contributed by atoms with Crippen LogP contribution in [-0.2, 0) is 6.42 Å². The molecule has 1 fully saturated rings. The smallest absolute Gasteiger partial charge is 0.222 e. The fraction of sp³-hybridized carbons (Fsp3) is 0.500. The summed E-state index contributed by atoms with van der Waals surface area (Å²) in [6, 6.07) is 0. The number of nitrogen functional groups attached to an aromatic ring is 1. The van der Waals surface area contributed by atoms with Gasteiger partial charge in [0.1, 0.15) is 5.82 Å². The van der Waals surface area contributed by atoms with Crippen LogP contribution < -0.4 is 10.6 Å². The molecule has 1 saturated heterocycles. The number of nitrogens with two attached hydrogens (primary N) is 1. The molecule has 2 N–H and O–H groups in total. The van der Waals surface area contributed by atoms with Crippen LogP contribution >= 0.6 is 0 Å². The summed E-state index contributed by atoms with van der Waals surface area (Å²) in [6.07, 6.45) is 9.72. The van der Waals surface area contributed by atoms with E-state index in [1.54, 1.807) is 0 Å². The fourth-order valence-corrected chi connectivity index (χ4v) is 3.43. The van der Waals surface area contributed by atoms with Gasteiger partial charge in [-0.25, -0.2) is 4.98 Å². The SMILES string of the molecule is C=CCc1c(C)nc(N)nc1N1CC2CC=CCC2C1. The lowest BCUT2D eigenvalue weighted by molar-refractivity contribution is 0.411. The Bertz CT molecular complexity index is 534. The summed E-state index contributed by atoms with van der Waals surface area (Å²) in [5, 5.41) is 0. The molecule has 4 heteroatoms. The van der Waals surface area contributed by atoms with E-state index < -0.39 is 0 Å². The number of nitrogens with zero attached hydrogens (tertiary/aromatic N) is 3. The van der Waals surface area contributed by atoms with Gasteiger partial charge in [-0.05, 0) is 38.0 Å². The molecule has 2 aliphatic rings. The summed E-state index contributed by atoms with van der Waals surface area (Å²) in [5.74, 6) is 2.91. The standard InChI is InChI=1S/C16H22N4/c1-3-6-14-11(2)18-16(17)19-15(14)20-9-12-7-4-5-8-13(12)10-20/h3-5,12-13H,1,6-10H2,2H3,(H2,17,18,19). The van der Waals surface area contributed by atoms with E-state index in [1.165, 1.54) is 18.4 Å². The molecule has 0 bridgehead atoms. The lowest BCUT2D eigenvalue weighted by atomic mass is 9.86. The highest BCUT2D eigenvalue weighted by molar-refractivity contribution is 5.53. The number of anilines is 2. The Balaban J connectivity index is 1.92. The molecule has 0 amide bonds. The van der Waals surface area contributed by atoms with Crippen LogP contribution in [0.1, 0.15) is 24.1 Å². The van der Waals surface area contributed by atoms with Crippen LogP contribution in [0.5, 0.6) is 0 Å². The van der Waals surface area contributed by atoms with Gasteiger partial charge in [0.15, 0.2) is 0 Å². The van der Waals surface area contributed by atoms with E-state index in [0.29, 0.717) is 5.95 Å². The molecule has 1 aliphatic heterocycles. The molecule has 20 heavy (non-hydrogen) atoms. The molecule has 1 aromatic rings. The third-order valence-electron chi connectivity index (χ3n) is 4.48. The van der Waals surface area contributed by atoms with Gasteiger partial charge in [-0.1, -0.05) is 18.2 Å². The minimum absolute atomic E-state index is 0.373. The predicted molar refractivity (Wildman–Crippen MR) is 82.6 cm³/mol. The van der Waals surface area contributed by atoms with Crippen LogP contribution in [0.2, 0.25) is 0 Å². The van der Waals surface area contributed by atoms with Gasteiger partial charge in [0, 0.05) is 24.3 Å². The zero-order valence-corrected chi connectivity index (χ0v) is 12.0. The van der Waals surface area contributed by atoms with Crippen molar-refractivity contribution in [3.63, 3.8) is 0 Å². The van der Waals surface area contributed by atoms with Gasteiger partial charge in [0.25, 0.3) is 0 Å². The second kappa shape index (κ2) is 5.27. The third-order valence-corrected chi connectivity index (χ3v) is 4.48. The highest BCUT2D eigenvalue weighted by Crippen LogP contribution is 2.36. The molecular formula is C16H22N4. The molecule has 0 spiro atoms. The summed E-state index contributed by atoms with van der Waals surface area (Å²) >= 11 is 0. The van der Waals surface area contributed by atoms with Gasteiger partial charge < -0.3 is 10.6 Å². The number of fused-ring (bicyclic) bond motifs is 1. The number of hydrogen-bond acceptors (Lipinski definition) is 4. The van der Waals surface area contributed by atoms with E-state index in [4.69, 9.17) is 5.73 Å². The van der Waals surface area contributed by atoms with Crippen LogP contribution in [0.4, 0.5) is 11.8 Å². The second-order valence-electron chi connectivity index (χ2n) is 5.83. The normalized spacial score (nSPS) is 24.8. The van der Waals surface area contributed by atoms with E-state index in [1.807, 2.05) is 13.0 Å². The molecule has 1 aliphatic carbocycles. The Morgan fingerprint density at radius 2 is 1.95 bits per heavy atom. The highest BCUT2D eigenvalue weighted by Gasteiger charge is 2.34. The lowest BCUT2D eigenvalue weighted by Gasteiger charge is -2.21. The lowest BCUT2D eigenvalue weighted by Crippen LogP contribution is -2.24. The first-order valence-electron chi connectivity index (χ1n) is 7.33. The van der Waals surface area contributed by atoms with Gasteiger partial charge in [-0.3, -0.25) is 0 Å². The average molecular weight is 270 g/mol. The monoisotopic (exact) mass is 270 g/mol. The maximum absolute atomic E-state index is 5.85. The summed E-state index contributed by atoms with van der Waals surface area (Å²) in [4.78, 5) is 11.2. The summed E-state index contributed by atoms with van der Waals surface area (Å²) in [7, 11) is 0. The number of hydrogen-bond donors (Lipinski definition) is 1. The first kappa shape index (κ1) is 13.2. The van der Waals surface area contributed by atoms with Crippen LogP contribution in [0, 0.1) is 18.8 Å². The molecule has 4 nitrogen and oxygen atoms in total. The first-order valence-corrected chi connectivity index (χ1v) is 7.33. The van der Waals surface area contributed by atoms with Gasteiger partial charge in [0.05, 0.1) is 0 Å². The van der Waals surface area contributed by atoms with Gasteiger partial charge in [-0.2, -0.15) is 4.98 Å². The van der Waals surface area contributed by atoms with Gasteiger partial charge in [0.2, 0.25) is 5.95 Å². The maximum Gasteiger partial charge on any atom is 0.222 e. The molecular weight excluding hydrogens is 248 g/mol. The van der Waals surface area contributed by atoms with Gasteiger partial charge in [-0.15, -0.1) is 6.58 Å². The maximum atomic E-state index is 5.85. The topological polar surface area (TPSA) is 55.0 Å². The first-order chi connectivity index (χ1) is 9.69. The van der Waals surface area contributed by atoms with Crippen molar-refractivity contribution >= 4 is 11.8 Å². The Labute approximate surface area is 120 Å². The second-order valence-corrected chi connectivity index (χ2v) is 5.83. The number of aryl methyl sites for hydroxylation is 1. The minimum Gasteiger partial charge on any atom is -0.368 e. The third kappa shape index (κ3) is 2.30. The van der Waals surface area contributed by atoms with E-state index in [9.17, 15) is 0 Å². The van der Waals surface area contributed by atoms with Crippen LogP contribution in [-0.4, -0.2) is 23.1 Å². The van der Waals surface area contributed by atoms with E-state index in [0.717, 1.165) is 42.9 Å². The molecule has 2 atom stereocenters. The Morgan fingerprint density at radius 1 is 1.30 bits per heavy atom. The van der Waals surface area contributed by atoms with E-state index in [2.05, 4.69) is 33.6 Å². The Hall–Kier alpha value is -1.84. The van der Waals surface area contributed by atoms with Crippen molar-refractivity contribution in [2.45, 2.75) is 26.2 Å². The van der Waals surface area contributed by atoms with E-state index >= 15 is 0 Å². The summed E-state index contributed by atoms with van der Waals surface area (Å²) < 4.78 is 0. The summed E-state index contributed by atoms with van der Waals surface area (Å²) in [5.41, 5.74) is 7.99. The predicted octanol–water partition coefficient (Wildman–Crippen LogP) is 2.50. The quantitative estimate of drug-likeness (QED) is 0.857. The summed E-state index contributed by atoms with van der Waals surface area (Å²) in [6.45, 7) is 8.01. The molecule has 106 valence electrons. The molecule has 2 heterocycles. The Kier molecular flexibility index (Phi) is 3.47. The van der Waals surface area contributed by atoms with Crippen molar-refractivity contribution in [2.75, 3.05) is 23.7 Å². The van der Waals surface area contributed by atoms with Crippen molar-refractivity contribution in [3.05, 3.63) is 36.1 Å². The number of allylic oxidation sites excluding steroid dienone is 3. The molecule has 0 aromatic carbocycles. The minimum atomic E-state index is 0.373. The van der Waals surface area contributed by atoms with Gasteiger partial charge >= 0.3 is 0 Å². The van der Waals surface area contributed by atoms with Crippen LogP contribution in [0.3, 0.4) is 0 Å². The zero-order valence-electron chi connectivity index (χ0n) is 12.0.